The van der Waals surface area contributed by atoms with Gasteiger partial charge in [0.25, 0.3) is 0 Å². The number of benzene rings is 1. The largest absolute Gasteiger partial charge is 0.434 e. The Morgan fingerprint density at radius 3 is 2.43 bits per heavy atom. The molecular formula is C19H24BrF2N3O3. The van der Waals surface area contributed by atoms with Gasteiger partial charge in [-0.2, -0.15) is 8.78 Å². The molecule has 1 aromatic carbocycles. The molecule has 1 N–H and O–H groups in total. The van der Waals surface area contributed by atoms with Gasteiger partial charge >= 0.3 is 12.6 Å². The number of halogens is 3. The number of piperidine rings is 1. The standard InChI is InChI=1S/C19H24BrF2N3O3/c20-15-3-4-16(28-18(21)22)14(11-15)12-23-17(26)13-5-9-25(10-6-13)19(27)24-7-1-2-8-24/h3-4,11,13,18H,1-2,5-10,12H2,(H,23,26). The third-order valence-corrected chi connectivity index (χ3v) is 5.70. The highest BCUT2D eigenvalue weighted by Crippen LogP contribution is 2.25. The molecule has 0 bridgehead atoms. The third-order valence-electron chi connectivity index (χ3n) is 5.20. The topological polar surface area (TPSA) is 61.9 Å². The molecule has 2 saturated heterocycles. The van der Waals surface area contributed by atoms with E-state index >= 15 is 0 Å². The van der Waals surface area contributed by atoms with Crippen LogP contribution in [-0.4, -0.2) is 54.5 Å². The summed E-state index contributed by atoms with van der Waals surface area (Å²) < 4.78 is 30.3. The van der Waals surface area contributed by atoms with E-state index < -0.39 is 6.61 Å². The van der Waals surface area contributed by atoms with Crippen molar-refractivity contribution in [3.05, 3.63) is 28.2 Å². The van der Waals surface area contributed by atoms with Gasteiger partial charge in [-0.05, 0) is 43.9 Å². The Balaban J connectivity index is 1.50. The summed E-state index contributed by atoms with van der Waals surface area (Å²) in [5.74, 6) is -0.268. The van der Waals surface area contributed by atoms with Gasteiger partial charge < -0.3 is 19.9 Å². The van der Waals surface area contributed by atoms with Crippen LogP contribution in [0, 0.1) is 5.92 Å². The number of urea groups is 1. The Kier molecular flexibility index (Phi) is 7.09. The monoisotopic (exact) mass is 459 g/mol. The molecule has 2 heterocycles. The molecule has 2 aliphatic heterocycles. The first-order chi connectivity index (χ1) is 13.4. The number of hydrogen-bond acceptors (Lipinski definition) is 3. The molecule has 0 aromatic heterocycles. The highest BCUT2D eigenvalue weighted by molar-refractivity contribution is 9.10. The maximum absolute atomic E-state index is 12.5. The van der Waals surface area contributed by atoms with Crippen LogP contribution in [-0.2, 0) is 11.3 Å². The summed E-state index contributed by atoms with van der Waals surface area (Å²) in [7, 11) is 0. The van der Waals surface area contributed by atoms with Gasteiger partial charge in [0, 0.05) is 48.7 Å². The molecule has 154 valence electrons. The lowest BCUT2D eigenvalue weighted by Gasteiger charge is -2.34. The number of ether oxygens (including phenoxy) is 1. The van der Waals surface area contributed by atoms with Crippen molar-refractivity contribution in [3.63, 3.8) is 0 Å². The lowest BCUT2D eigenvalue weighted by atomic mass is 9.96. The van der Waals surface area contributed by atoms with Crippen molar-refractivity contribution in [2.75, 3.05) is 26.2 Å². The van der Waals surface area contributed by atoms with Crippen molar-refractivity contribution in [2.45, 2.75) is 38.8 Å². The quantitative estimate of drug-likeness (QED) is 0.731. The average Bonchev–Trinajstić information content (AvgIpc) is 3.22. The van der Waals surface area contributed by atoms with E-state index in [0.717, 1.165) is 25.9 Å². The minimum absolute atomic E-state index is 0.0459. The maximum Gasteiger partial charge on any atom is 0.387 e. The van der Waals surface area contributed by atoms with Crippen LogP contribution in [0.2, 0.25) is 0 Å². The SMILES string of the molecule is O=C(NCc1cc(Br)ccc1OC(F)F)C1CCN(C(=O)N2CCCC2)CC1. The van der Waals surface area contributed by atoms with Gasteiger partial charge in [0.05, 0.1) is 0 Å². The molecule has 0 saturated carbocycles. The van der Waals surface area contributed by atoms with Crippen molar-refractivity contribution in [3.8, 4) is 5.75 Å². The van der Waals surface area contributed by atoms with E-state index in [-0.39, 0.29) is 30.2 Å². The molecule has 0 radical (unpaired) electrons. The number of alkyl halides is 2. The Labute approximate surface area is 171 Å². The average molecular weight is 460 g/mol. The van der Waals surface area contributed by atoms with Crippen molar-refractivity contribution >= 4 is 27.9 Å². The molecular weight excluding hydrogens is 436 g/mol. The molecule has 0 spiro atoms. The lowest BCUT2D eigenvalue weighted by Crippen LogP contribution is -2.47. The van der Waals surface area contributed by atoms with Gasteiger partial charge in [-0.1, -0.05) is 15.9 Å². The van der Waals surface area contributed by atoms with Gasteiger partial charge in [0.1, 0.15) is 5.75 Å². The molecule has 3 amide bonds. The van der Waals surface area contributed by atoms with E-state index in [1.807, 2.05) is 9.80 Å². The van der Waals surface area contributed by atoms with Gasteiger partial charge in [0.15, 0.2) is 0 Å². The van der Waals surface area contributed by atoms with E-state index in [2.05, 4.69) is 26.0 Å². The molecule has 3 rings (SSSR count). The lowest BCUT2D eigenvalue weighted by molar-refractivity contribution is -0.126. The second-order valence-corrected chi connectivity index (χ2v) is 8.00. The van der Waals surface area contributed by atoms with E-state index in [9.17, 15) is 18.4 Å². The predicted molar refractivity (Wildman–Crippen MR) is 103 cm³/mol. The number of nitrogens with one attached hydrogen (secondary N) is 1. The molecule has 9 heteroatoms. The minimum Gasteiger partial charge on any atom is -0.434 e. The normalized spacial score (nSPS) is 17.9. The first-order valence-corrected chi connectivity index (χ1v) is 10.3. The smallest absolute Gasteiger partial charge is 0.387 e. The molecule has 2 fully saturated rings. The Hall–Kier alpha value is -1.90. The van der Waals surface area contributed by atoms with Gasteiger partial charge in [-0.15, -0.1) is 0 Å². The zero-order chi connectivity index (χ0) is 20.1. The molecule has 0 unspecified atom stereocenters. The van der Waals surface area contributed by atoms with Crippen molar-refractivity contribution in [1.29, 1.82) is 0 Å². The number of likely N-dealkylation sites (tertiary alicyclic amines) is 2. The summed E-state index contributed by atoms with van der Waals surface area (Å²) in [5, 5.41) is 2.81. The summed E-state index contributed by atoms with van der Waals surface area (Å²) >= 11 is 3.30. The molecule has 2 aliphatic rings. The van der Waals surface area contributed by atoms with Crippen LogP contribution in [0.3, 0.4) is 0 Å². The van der Waals surface area contributed by atoms with Crippen molar-refractivity contribution in [2.24, 2.45) is 5.92 Å². The van der Waals surface area contributed by atoms with Gasteiger partial charge in [-0.3, -0.25) is 4.79 Å². The second kappa shape index (κ2) is 9.54. The number of rotatable bonds is 5. The van der Waals surface area contributed by atoms with Crippen LogP contribution in [0.25, 0.3) is 0 Å². The molecule has 6 nitrogen and oxygen atoms in total. The summed E-state index contributed by atoms with van der Waals surface area (Å²) in [6.45, 7) is -0.0707. The molecule has 1 aromatic rings. The van der Waals surface area contributed by atoms with E-state index in [1.165, 1.54) is 6.07 Å². The van der Waals surface area contributed by atoms with Crippen LogP contribution in [0.4, 0.5) is 13.6 Å². The summed E-state index contributed by atoms with van der Waals surface area (Å²) in [5.41, 5.74) is 0.477. The fraction of sp³-hybridized carbons (Fsp3) is 0.579. The Morgan fingerprint density at radius 1 is 1.14 bits per heavy atom. The number of carbonyl (C=O) groups is 2. The van der Waals surface area contributed by atoms with E-state index in [4.69, 9.17) is 0 Å². The zero-order valence-electron chi connectivity index (χ0n) is 15.5. The van der Waals surface area contributed by atoms with E-state index in [1.54, 1.807) is 12.1 Å². The van der Waals surface area contributed by atoms with Crippen LogP contribution < -0.4 is 10.1 Å². The van der Waals surface area contributed by atoms with E-state index in [0.29, 0.717) is 36.0 Å². The number of nitrogens with zero attached hydrogens (tertiary/aromatic N) is 2. The number of hydrogen-bond donors (Lipinski definition) is 1. The van der Waals surface area contributed by atoms with Crippen molar-refractivity contribution < 1.29 is 23.1 Å². The fourth-order valence-corrected chi connectivity index (χ4v) is 4.07. The van der Waals surface area contributed by atoms with Crippen molar-refractivity contribution in [1.82, 2.24) is 15.1 Å². The van der Waals surface area contributed by atoms with Gasteiger partial charge in [-0.25, -0.2) is 4.79 Å². The molecule has 0 atom stereocenters. The molecule has 0 aliphatic carbocycles. The van der Waals surface area contributed by atoms with Crippen LogP contribution in [0.5, 0.6) is 5.75 Å². The number of carbonyl (C=O) groups excluding carboxylic acids is 2. The summed E-state index contributed by atoms with van der Waals surface area (Å²) in [4.78, 5) is 28.6. The summed E-state index contributed by atoms with van der Waals surface area (Å²) in [6, 6.07) is 4.77. The van der Waals surface area contributed by atoms with Crippen LogP contribution in [0.15, 0.2) is 22.7 Å². The number of amides is 3. The predicted octanol–water partition coefficient (Wildman–Crippen LogP) is 3.59. The van der Waals surface area contributed by atoms with Crippen LogP contribution in [0.1, 0.15) is 31.2 Å². The zero-order valence-corrected chi connectivity index (χ0v) is 17.1. The highest BCUT2D eigenvalue weighted by atomic mass is 79.9. The maximum atomic E-state index is 12.5. The fourth-order valence-electron chi connectivity index (χ4n) is 3.67. The first kappa shape index (κ1) is 20.8. The minimum atomic E-state index is -2.92. The highest BCUT2D eigenvalue weighted by Gasteiger charge is 2.30. The molecule has 28 heavy (non-hydrogen) atoms. The Morgan fingerprint density at radius 2 is 1.79 bits per heavy atom. The summed E-state index contributed by atoms with van der Waals surface area (Å²) in [6.07, 6.45) is 3.31. The first-order valence-electron chi connectivity index (χ1n) is 9.49. The second-order valence-electron chi connectivity index (χ2n) is 7.09. The third kappa shape index (κ3) is 5.33. The Bertz CT molecular complexity index is 706. The van der Waals surface area contributed by atoms with Gasteiger partial charge in [0.2, 0.25) is 5.91 Å². The van der Waals surface area contributed by atoms with Crippen LogP contribution >= 0.6 is 15.9 Å².